The Labute approximate surface area is 175 Å². The van der Waals surface area contributed by atoms with Crippen LogP contribution >= 0.6 is 0 Å². The molecule has 0 spiro atoms. The number of fused-ring (bicyclic) bond motifs is 1. The van der Waals surface area contributed by atoms with Crippen molar-refractivity contribution in [2.75, 3.05) is 31.6 Å². The van der Waals surface area contributed by atoms with Crippen LogP contribution in [0.3, 0.4) is 0 Å². The third-order valence-electron chi connectivity index (χ3n) is 5.15. The molecule has 1 N–H and O–H groups in total. The number of hydrogen-bond acceptors (Lipinski definition) is 4. The van der Waals surface area contributed by atoms with Crippen molar-refractivity contribution in [1.29, 1.82) is 0 Å². The number of carbonyl (C=O) groups excluding carboxylic acids is 2. The van der Waals surface area contributed by atoms with Gasteiger partial charge >= 0.3 is 0 Å². The number of aryl methyl sites for hydroxylation is 1. The van der Waals surface area contributed by atoms with Gasteiger partial charge in [0.05, 0.1) is 13.2 Å². The van der Waals surface area contributed by atoms with Crippen molar-refractivity contribution in [1.82, 2.24) is 4.90 Å². The Morgan fingerprint density at radius 1 is 1.07 bits per heavy atom. The summed E-state index contributed by atoms with van der Waals surface area (Å²) in [5.41, 5.74) is 3.14. The van der Waals surface area contributed by atoms with E-state index in [1.165, 1.54) is 11.6 Å². The highest BCUT2D eigenvalue weighted by Gasteiger charge is 2.27. The Morgan fingerprint density at radius 3 is 2.53 bits per heavy atom. The number of nitrogens with zero attached hydrogens (tertiary/aromatic N) is 1. The van der Waals surface area contributed by atoms with Crippen molar-refractivity contribution in [2.45, 2.75) is 13.3 Å². The number of nitrogens with one attached hydrogen (secondary N) is 1. The summed E-state index contributed by atoms with van der Waals surface area (Å²) in [6.45, 7) is 4.08. The van der Waals surface area contributed by atoms with E-state index < -0.39 is 0 Å². The van der Waals surface area contributed by atoms with E-state index in [1.807, 2.05) is 42.5 Å². The fourth-order valence-corrected chi connectivity index (χ4v) is 3.43. The minimum atomic E-state index is -0.322. The van der Waals surface area contributed by atoms with Crippen molar-refractivity contribution in [2.24, 2.45) is 0 Å². The average Bonchev–Trinajstić information content (AvgIpc) is 3.16. The van der Waals surface area contributed by atoms with Gasteiger partial charge in [0.1, 0.15) is 11.3 Å². The Kier molecular flexibility index (Phi) is 5.95. The molecule has 1 saturated heterocycles. The second kappa shape index (κ2) is 8.97. The van der Waals surface area contributed by atoms with Crippen LogP contribution in [0, 0.1) is 0 Å². The molecule has 0 unspecified atom stereocenters. The lowest BCUT2D eigenvalue weighted by Crippen LogP contribution is -2.40. The molecule has 0 bridgehead atoms. The lowest BCUT2D eigenvalue weighted by molar-refractivity contribution is -0.111. The molecule has 1 aromatic heterocycles. The maximum Gasteiger partial charge on any atom is 0.291 e. The summed E-state index contributed by atoms with van der Waals surface area (Å²) in [5.74, 6) is -0.423. The number of morpholine rings is 1. The molecule has 154 valence electrons. The first kappa shape index (κ1) is 19.9. The van der Waals surface area contributed by atoms with Gasteiger partial charge < -0.3 is 19.4 Å². The van der Waals surface area contributed by atoms with Gasteiger partial charge in [-0.3, -0.25) is 9.59 Å². The van der Waals surface area contributed by atoms with E-state index in [2.05, 4.69) is 12.2 Å². The van der Waals surface area contributed by atoms with Gasteiger partial charge in [-0.25, -0.2) is 0 Å². The third-order valence-corrected chi connectivity index (χ3v) is 5.15. The molecular formula is C24H24N2O4. The normalized spacial score (nSPS) is 14.4. The quantitative estimate of drug-likeness (QED) is 0.650. The van der Waals surface area contributed by atoms with Crippen LogP contribution in [0.15, 0.2) is 59.0 Å². The van der Waals surface area contributed by atoms with Crippen molar-refractivity contribution >= 4 is 34.5 Å². The summed E-state index contributed by atoms with van der Waals surface area (Å²) >= 11 is 0. The van der Waals surface area contributed by atoms with Crippen LogP contribution in [0.5, 0.6) is 0 Å². The third kappa shape index (κ3) is 4.28. The molecule has 0 aliphatic carbocycles. The summed E-state index contributed by atoms with van der Waals surface area (Å²) in [7, 11) is 0. The standard InChI is InChI=1S/C24H24N2O4/c1-2-17-7-9-18(10-8-17)11-12-21(27)25-22-19-5-3-4-6-20(19)30-23(22)24(28)26-13-15-29-16-14-26/h3-12H,2,13-16H2,1H3,(H,25,27)/b12-11+. The maximum absolute atomic E-state index is 13.0. The zero-order valence-electron chi connectivity index (χ0n) is 16.9. The number of furan rings is 1. The van der Waals surface area contributed by atoms with E-state index in [0.29, 0.717) is 43.0 Å². The molecule has 6 nitrogen and oxygen atoms in total. The minimum absolute atomic E-state index is 0.146. The molecule has 0 saturated carbocycles. The number of ether oxygens (including phenoxy) is 1. The molecule has 30 heavy (non-hydrogen) atoms. The number of anilines is 1. The fraction of sp³-hybridized carbons (Fsp3) is 0.250. The second-order valence-corrected chi connectivity index (χ2v) is 7.12. The van der Waals surface area contributed by atoms with Crippen molar-refractivity contribution in [3.05, 3.63) is 71.5 Å². The summed E-state index contributed by atoms with van der Waals surface area (Å²) in [4.78, 5) is 27.3. The number of carbonyl (C=O) groups is 2. The monoisotopic (exact) mass is 404 g/mol. The van der Waals surface area contributed by atoms with Crippen LogP contribution in [0.2, 0.25) is 0 Å². The summed E-state index contributed by atoms with van der Waals surface area (Å²) in [5, 5.41) is 3.55. The first-order valence-electron chi connectivity index (χ1n) is 10.1. The lowest BCUT2D eigenvalue weighted by atomic mass is 10.1. The average molecular weight is 404 g/mol. The van der Waals surface area contributed by atoms with Gasteiger partial charge in [0, 0.05) is 24.6 Å². The van der Waals surface area contributed by atoms with Crippen molar-refractivity contribution < 1.29 is 18.7 Å². The highest BCUT2D eigenvalue weighted by Crippen LogP contribution is 2.32. The number of para-hydroxylation sites is 1. The summed E-state index contributed by atoms with van der Waals surface area (Å²) in [6.07, 6.45) is 4.18. The summed E-state index contributed by atoms with van der Waals surface area (Å²) < 4.78 is 11.2. The minimum Gasteiger partial charge on any atom is -0.449 e. The van der Waals surface area contributed by atoms with E-state index in [4.69, 9.17) is 9.15 Å². The van der Waals surface area contributed by atoms with Gasteiger partial charge in [-0.15, -0.1) is 0 Å². The molecule has 6 heteroatoms. The lowest BCUT2D eigenvalue weighted by Gasteiger charge is -2.26. The smallest absolute Gasteiger partial charge is 0.291 e. The molecule has 0 atom stereocenters. The van der Waals surface area contributed by atoms with Crippen molar-refractivity contribution in [3.8, 4) is 0 Å². The maximum atomic E-state index is 13.0. The fourth-order valence-electron chi connectivity index (χ4n) is 3.43. The topological polar surface area (TPSA) is 71.8 Å². The molecule has 3 aromatic rings. The number of benzene rings is 2. The van der Waals surface area contributed by atoms with Gasteiger partial charge in [0.2, 0.25) is 11.7 Å². The predicted molar refractivity (Wildman–Crippen MR) is 116 cm³/mol. The Bertz CT molecular complexity index is 1080. The van der Waals surface area contributed by atoms with Gasteiger partial charge in [0.15, 0.2) is 0 Å². The molecule has 0 radical (unpaired) electrons. The molecule has 2 heterocycles. The van der Waals surface area contributed by atoms with Crippen LogP contribution in [-0.4, -0.2) is 43.0 Å². The Morgan fingerprint density at radius 2 is 1.80 bits per heavy atom. The van der Waals surface area contributed by atoms with Gasteiger partial charge in [-0.05, 0) is 35.8 Å². The van der Waals surface area contributed by atoms with Gasteiger partial charge in [-0.2, -0.15) is 0 Å². The molecule has 2 aromatic carbocycles. The second-order valence-electron chi connectivity index (χ2n) is 7.12. The number of rotatable bonds is 5. The SMILES string of the molecule is CCc1ccc(/C=C/C(=O)Nc2c(C(=O)N3CCOCC3)oc3ccccc23)cc1. The number of amides is 2. The largest absolute Gasteiger partial charge is 0.449 e. The van der Waals surface area contributed by atoms with Gasteiger partial charge in [0.25, 0.3) is 5.91 Å². The molecule has 4 rings (SSSR count). The molecule has 1 fully saturated rings. The number of hydrogen-bond donors (Lipinski definition) is 1. The van der Waals surface area contributed by atoms with E-state index in [1.54, 1.807) is 17.0 Å². The van der Waals surface area contributed by atoms with E-state index in [9.17, 15) is 9.59 Å². The van der Waals surface area contributed by atoms with E-state index >= 15 is 0 Å². The predicted octanol–water partition coefficient (Wildman–Crippen LogP) is 4.12. The first-order chi connectivity index (χ1) is 14.7. The zero-order chi connectivity index (χ0) is 20.9. The Balaban J connectivity index is 1.58. The highest BCUT2D eigenvalue weighted by atomic mass is 16.5. The summed E-state index contributed by atoms with van der Waals surface area (Å²) in [6, 6.07) is 15.3. The van der Waals surface area contributed by atoms with E-state index in [-0.39, 0.29) is 17.6 Å². The highest BCUT2D eigenvalue weighted by molar-refractivity contribution is 6.13. The molecule has 2 amide bonds. The van der Waals surface area contributed by atoms with E-state index in [0.717, 1.165) is 12.0 Å². The first-order valence-corrected chi connectivity index (χ1v) is 10.1. The molecular weight excluding hydrogens is 380 g/mol. The Hall–Kier alpha value is -3.38. The van der Waals surface area contributed by atoms with Crippen molar-refractivity contribution in [3.63, 3.8) is 0 Å². The molecule has 1 aliphatic rings. The van der Waals surface area contributed by atoms with Crippen LogP contribution < -0.4 is 5.32 Å². The van der Waals surface area contributed by atoms with Crippen LogP contribution in [0.4, 0.5) is 5.69 Å². The van der Waals surface area contributed by atoms with Crippen LogP contribution in [0.1, 0.15) is 28.6 Å². The molecule has 1 aliphatic heterocycles. The van der Waals surface area contributed by atoms with Crippen LogP contribution in [0.25, 0.3) is 17.0 Å². The zero-order valence-corrected chi connectivity index (χ0v) is 16.9. The van der Waals surface area contributed by atoms with Gasteiger partial charge in [-0.1, -0.05) is 43.3 Å². The van der Waals surface area contributed by atoms with Crippen LogP contribution in [-0.2, 0) is 16.0 Å².